The highest BCUT2D eigenvalue weighted by molar-refractivity contribution is 14.1. The van der Waals surface area contributed by atoms with Crippen molar-refractivity contribution in [2.45, 2.75) is 45.9 Å². The molecular weight excluding hydrogens is 805 g/mol. The van der Waals surface area contributed by atoms with E-state index in [1.165, 1.54) is 12.3 Å². The van der Waals surface area contributed by atoms with E-state index in [1.54, 1.807) is 31.2 Å². The number of carbonyl (C=O) groups excluding carboxylic acids is 2. The summed E-state index contributed by atoms with van der Waals surface area (Å²) in [6.45, 7) is 5.66. The van der Waals surface area contributed by atoms with Gasteiger partial charge in [-0.15, -0.1) is 0 Å². The summed E-state index contributed by atoms with van der Waals surface area (Å²) in [7, 11) is 0. The van der Waals surface area contributed by atoms with E-state index in [0.717, 1.165) is 12.7 Å². The Morgan fingerprint density at radius 2 is 1.81 bits per heavy atom. The van der Waals surface area contributed by atoms with Crippen molar-refractivity contribution in [1.29, 1.82) is 5.26 Å². The first kappa shape index (κ1) is 33.9. The van der Waals surface area contributed by atoms with Gasteiger partial charge in [0.25, 0.3) is 11.8 Å². The lowest BCUT2D eigenvalue weighted by atomic mass is 10.0. The van der Waals surface area contributed by atoms with E-state index >= 15 is 0 Å². The quantitative estimate of drug-likeness (QED) is 0.115. The van der Waals surface area contributed by atoms with E-state index < -0.39 is 24.0 Å². The molecule has 0 heterocycles. The van der Waals surface area contributed by atoms with Crippen LogP contribution in [-0.2, 0) is 16.2 Å². The van der Waals surface area contributed by atoms with E-state index in [9.17, 15) is 14.9 Å². The Hall–Kier alpha value is -2.60. The lowest BCUT2D eigenvalue weighted by molar-refractivity contribution is -0.132. The van der Waals surface area contributed by atoms with E-state index in [1.807, 2.05) is 38.1 Å². The van der Waals surface area contributed by atoms with Gasteiger partial charge < -0.3 is 14.8 Å². The zero-order valence-electron chi connectivity index (χ0n) is 23.0. The fourth-order valence-electron chi connectivity index (χ4n) is 3.78. The van der Waals surface area contributed by atoms with Crippen LogP contribution in [0, 0.1) is 24.4 Å². The number of halogens is 4. The molecule has 2 amide bonds. The van der Waals surface area contributed by atoms with Crippen molar-refractivity contribution >= 4 is 86.4 Å². The molecule has 8 nitrogen and oxygen atoms in total. The molecule has 0 unspecified atom stereocenters. The fourth-order valence-corrected chi connectivity index (χ4v) is 6.28. The van der Waals surface area contributed by atoms with Crippen molar-refractivity contribution in [1.82, 2.24) is 10.7 Å². The number of carbonyl (C=O) groups is 2. The van der Waals surface area contributed by atoms with E-state index in [-0.39, 0.29) is 17.5 Å². The van der Waals surface area contributed by atoms with Gasteiger partial charge in [0.2, 0.25) is 0 Å². The average Bonchev–Trinajstić information content (AvgIpc) is 2.93. The van der Waals surface area contributed by atoms with Crippen LogP contribution in [0.25, 0.3) is 0 Å². The molecule has 0 radical (unpaired) electrons. The molecule has 0 aliphatic rings. The van der Waals surface area contributed by atoms with Crippen LogP contribution < -0.4 is 20.2 Å². The van der Waals surface area contributed by atoms with Gasteiger partial charge in [-0.25, -0.2) is 5.43 Å². The molecular formula is C30H28Cl2I2N4O4. The van der Waals surface area contributed by atoms with E-state index in [2.05, 4.69) is 67.1 Å². The molecule has 2 N–H and O–H groups in total. The van der Waals surface area contributed by atoms with E-state index in [4.69, 9.17) is 32.7 Å². The highest BCUT2D eigenvalue weighted by Gasteiger charge is 2.25. The molecule has 2 atom stereocenters. The summed E-state index contributed by atoms with van der Waals surface area (Å²) >= 11 is 16.5. The van der Waals surface area contributed by atoms with Crippen LogP contribution in [0.1, 0.15) is 43.9 Å². The Balaban J connectivity index is 1.70. The third kappa shape index (κ3) is 10.00. The summed E-state index contributed by atoms with van der Waals surface area (Å²) in [5.74, 6) is 0.0302. The highest BCUT2D eigenvalue weighted by atomic mass is 127. The van der Waals surface area contributed by atoms with Crippen LogP contribution in [0.3, 0.4) is 0 Å². The second-order valence-corrected chi connectivity index (χ2v) is 12.9. The van der Waals surface area contributed by atoms with Gasteiger partial charge in [-0.3, -0.25) is 9.59 Å². The normalized spacial score (nSPS) is 12.5. The van der Waals surface area contributed by atoms with Crippen LogP contribution in [0.15, 0.2) is 59.7 Å². The Labute approximate surface area is 282 Å². The van der Waals surface area contributed by atoms with E-state index in [0.29, 0.717) is 34.1 Å². The van der Waals surface area contributed by atoms with Crippen LogP contribution in [-0.4, -0.2) is 30.2 Å². The molecule has 0 aromatic heterocycles. The number of ether oxygens (including phenoxy) is 2. The van der Waals surface area contributed by atoms with Crippen LogP contribution >= 0.6 is 68.4 Å². The summed E-state index contributed by atoms with van der Waals surface area (Å²) in [6, 6.07) is 17.1. The minimum Gasteiger partial charge on any atom is -0.487 e. The molecule has 3 aromatic rings. The van der Waals surface area contributed by atoms with Crippen molar-refractivity contribution < 1.29 is 19.1 Å². The molecule has 42 heavy (non-hydrogen) atoms. The lowest BCUT2D eigenvalue weighted by Crippen LogP contribution is -2.49. The predicted molar refractivity (Wildman–Crippen MR) is 181 cm³/mol. The van der Waals surface area contributed by atoms with Gasteiger partial charge in [0.15, 0.2) is 6.10 Å². The molecule has 0 spiro atoms. The zero-order chi connectivity index (χ0) is 30.8. The number of nitrogens with one attached hydrogen (secondary N) is 2. The van der Waals surface area contributed by atoms with Gasteiger partial charge in [-0.05, 0) is 101 Å². The maximum atomic E-state index is 13.1. The molecule has 0 saturated carbocycles. The summed E-state index contributed by atoms with van der Waals surface area (Å²) < 4.78 is 13.6. The summed E-state index contributed by atoms with van der Waals surface area (Å²) in [4.78, 5) is 26.0. The monoisotopic (exact) mass is 832 g/mol. The predicted octanol–water partition coefficient (Wildman–Crippen LogP) is 7.10. The summed E-state index contributed by atoms with van der Waals surface area (Å²) in [5, 5.41) is 17.0. The maximum Gasteiger partial charge on any atom is 0.262 e. The van der Waals surface area contributed by atoms with Crippen molar-refractivity contribution in [3.63, 3.8) is 0 Å². The average molecular weight is 833 g/mol. The third-order valence-corrected chi connectivity index (χ3v) is 7.79. The van der Waals surface area contributed by atoms with Crippen molar-refractivity contribution in [2.24, 2.45) is 11.0 Å². The second-order valence-electron chi connectivity index (χ2n) is 9.62. The first-order chi connectivity index (χ1) is 20.0. The zero-order valence-corrected chi connectivity index (χ0v) is 28.8. The Morgan fingerprint density at radius 3 is 2.50 bits per heavy atom. The SMILES string of the molecule is CC(C)C[C@H](NC(=O)[C@@H](C)Oc1ccc(Cl)cc1Cl)C(=O)N/N=C\c1cc(I)cc(I)c1OCc1ccccc1C#N. The lowest BCUT2D eigenvalue weighted by Gasteiger charge is -2.22. The molecule has 0 aliphatic heterocycles. The first-order valence-corrected chi connectivity index (χ1v) is 15.7. The van der Waals surface area contributed by atoms with Crippen molar-refractivity contribution in [3.8, 4) is 17.6 Å². The molecule has 0 saturated heterocycles. The number of amides is 2. The number of nitrogens with zero attached hydrogens (tertiary/aromatic N) is 2. The molecule has 0 fully saturated rings. The topological polar surface area (TPSA) is 113 Å². The fraction of sp³-hybridized carbons (Fsp3) is 0.267. The Kier molecular flexibility index (Phi) is 13.2. The summed E-state index contributed by atoms with van der Waals surface area (Å²) in [5.41, 5.74) is 4.48. The maximum absolute atomic E-state index is 13.1. The van der Waals surface area contributed by atoms with Crippen molar-refractivity contribution in [2.75, 3.05) is 0 Å². The Bertz CT molecular complexity index is 1510. The molecule has 3 aromatic carbocycles. The smallest absolute Gasteiger partial charge is 0.262 e. The summed E-state index contributed by atoms with van der Waals surface area (Å²) in [6.07, 6.45) is 0.958. The highest BCUT2D eigenvalue weighted by Crippen LogP contribution is 2.29. The minimum absolute atomic E-state index is 0.112. The number of hydrazone groups is 1. The number of rotatable bonds is 12. The molecule has 220 valence electrons. The minimum atomic E-state index is -0.922. The largest absolute Gasteiger partial charge is 0.487 e. The standard InChI is InChI=1S/C30H28Cl2I2N4O4/c1-17(2)10-26(37-29(39)18(3)42-27-9-8-22(31)12-24(27)32)30(40)38-36-15-21-11-23(33)13-25(34)28(21)41-16-20-7-5-4-6-19(20)14-35/h4-9,11-13,15,17-18,26H,10,16H2,1-3H3,(H,37,39)(H,38,40)/b36-15-/t18-,26+/m1/s1. The van der Waals surface area contributed by atoms with Crippen LogP contribution in [0.5, 0.6) is 11.5 Å². The van der Waals surface area contributed by atoms with Gasteiger partial charge >= 0.3 is 0 Å². The van der Waals surface area contributed by atoms with Crippen LogP contribution in [0.4, 0.5) is 0 Å². The first-order valence-electron chi connectivity index (χ1n) is 12.8. The van der Waals surface area contributed by atoms with Gasteiger partial charge in [0.05, 0.1) is 26.4 Å². The van der Waals surface area contributed by atoms with Gasteiger partial charge in [-0.1, -0.05) is 55.2 Å². The molecule has 0 aliphatic carbocycles. The molecule has 0 bridgehead atoms. The molecule has 3 rings (SSSR count). The second kappa shape index (κ2) is 16.3. The number of nitriles is 1. The van der Waals surface area contributed by atoms with Gasteiger partial charge in [-0.2, -0.15) is 10.4 Å². The third-order valence-electron chi connectivity index (χ3n) is 5.83. The Morgan fingerprint density at radius 1 is 1.07 bits per heavy atom. The van der Waals surface area contributed by atoms with Crippen LogP contribution in [0.2, 0.25) is 10.0 Å². The number of benzene rings is 3. The van der Waals surface area contributed by atoms with Gasteiger partial charge in [0, 0.05) is 19.7 Å². The number of hydrogen-bond acceptors (Lipinski definition) is 6. The van der Waals surface area contributed by atoms with Gasteiger partial charge in [0.1, 0.15) is 24.1 Å². The van der Waals surface area contributed by atoms with Crippen molar-refractivity contribution in [3.05, 3.63) is 88.5 Å². The number of hydrogen-bond donors (Lipinski definition) is 2. The molecule has 12 heteroatoms.